The van der Waals surface area contributed by atoms with Crippen LogP contribution in [-0.4, -0.2) is 57.3 Å². The molecule has 1 aliphatic heterocycles. The zero-order chi connectivity index (χ0) is 15.6. The molecule has 1 saturated heterocycles. The van der Waals surface area contributed by atoms with Crippen LogP contribution < -0.4 is 21.1 Å². The van der Waals surface area contributed by atoms with Gasteiger partial charge in [-0.15, -0.1) is 0 Å². The largest absolute Gasteiger partial charge is 2.00 e. The van der Waals surface area contributed by atoms with Gasteiger partial charge in [-0.1, -0.05) is 33.8 Å². The Balaban J connectivity index is 0.00000264. The fourth-order valence-corrected chi connectivity index (χ4v) is 2.53. The average Bonchev–Trinajstić information content (AvgIpc) is 2.50. The molecule has 0 unspecified atom stereocenters. The van der Waals surface area contributed by atoms with Crippen molar-refractivity contribution in [3.8, 4) is 0 Å². The molecule has 1 fully saturated rings. The van der Waals surface area contributed by atoms with Gasteiger partial charge in [-0.2, -0.15) is 0 Å². The first-order valence-electron chi connectivity index (χ1n) is 7.77. The van der Waals surface area contributed by atoms with Crippen LogP contribution in [0.4, 0.5) is 0 Å². The topological polar surface area (TPSA) is 62.4 Å². The van der Waals surface area contributed by atoms with Crippen molar-refractivity contribution in [2.24, 2.45) is 0 Å². The van der Waals surface area contributed by atoms with Gasteiger partial charge in [0, 0.05) is 56.8 Å². The van der Waals surface area contributed by atoms with E-state index in [0.29, 0.717) is 0 Å². The van der Waals surface area contributed by atoms with Gasteiger partial charge < -0.3 is 26.0 Å². The van der Waals surface area contributed by atoms with Crippen molar-refractivity contribution < 1.29 is 24.6 Å². The number of rotatable bonds is 2. The molecule has 23 heavy (non-hydrogen) atoms. The van der Waals surface area contributed by atoms with Gasteiger partial charge in [-0.05, 0) is 23.9 Å². The first kappa shape index (κ1) is 20.6. The molecule has 2 rings (SSSR count). The van der Waals surface area contributed by atoms with Crippen molar-refractivity contribution >= 4 is 21.7 Å². The summed E-state index contributed by atoms with van der Waals surface area (Å²) in [5, 5.41) is 22.5. The molecular weight excluding hydrogens is 409 g/mol. The summed E-state index contributed by atoms with van der Waals surface area (Å²) in [4.78, 5) is 2.10. The van der Waals surface area contributed by atoms with Crippen molar-refractivity contribution in [2.75, 3.05) is 52.4 Å². The average molecular weight is 434 g/mol. The predicted molar refractivity (Wildman–Crippen MR) is 92.3 cm³/mol. The summed E-state index contributed by atoms with van der Waals surface area (Å²) in [7, 11) is 0. The van der Waals surface area contributed by atoms with Gasteiger partial charge in [0.25, 0.3) is 0 Å². The van der Waals surface area contributed by atoms with E-state index in [1.54, 1.807) is 6.20 Å². The Morgan fingerprint density at radius 2 is 1.39 bits per heavy atom. The molecular formula is C16H24BrN4OZn+. The van der Waals surface area contributed by atoms with E-state index in [9.17, 15) is 5.11 Å². The van der Waals surface area contributed by atoms with Crippen LogP contribution in [0.2, 0.25) is 0 Å². The van der Waals surface area contributed by atoms with Crippen molar-refractivity contribution in [1.82, 2.24) is 20.9 Å². The first-order chi connectivity index (χ1) is 10.8. The molecule has 1 aliphatic rings. The van der Waals surface area contributed by atoms with E-state index in [1.165, 1.54) is 0 Å². The Bertz CT molecular complexity index is 458. The summed E-state index contributed by atoms with van der Waals surface area (Å²) >= 11 is 3.39. The molecule has 0 spiro atoms. The monoisotopic (exact) mass is 431 g/mol. The zero-order valence-corrected chi connectivity index (χ0v) is 18.0. The van der Waals surface area contributed by atoms with E-state index in [0.717, 1.165) is 62.4 Å². The molecule has 1 aromatic carbocycles. The Morgan fingerprint density at radius 1 is 0.913 bits per heavy atom. The molecule has 0 amide bonds. The second-order valence-corrected chi connectivity index (χ2v) is 6.20. The Morgan fingerprint density at radius 3 is 1.91 bits per heavy atom. The molecule has 7 heteroatoms. The van der Waals surface area contributed by atoms with Crippen LogP contribution in [0.15, 0.2) is 34.9 Å². The van der Waals surface area contributed by atoms with Crippen LogP contribution in [0.3, 0.4) is 0 Å². The SMILES string of the molecule is [O-]/C(=C\N1CCNCCNCCNCC1)c1ccc(Br)cc1.[Zn+2]. The van der Waals surface area contributed by atoms with E-state index in [1.807, 2.05) is 24.3 Å². The number of nitrogens with zero attached hydrogens (tertiary/aromatic N) is 1. The summed E-state index contributed by atoms with van der Waals surface area (Å²) in [6.07, 6.45) is 1.73. The van der Waals surface area contributed by atoms with Gasteiger partial charge in [0.2, 0.25) is 0 Å². The minimum atomic E-state index is 0. The number of halogens is 1. The Labute approximate surface area is 159 Å². The minimum Gasteiger partial charge on any atom is -0.871 e. The van der Waals surface area contributed by atoms with Crippen LogP contribution in [0.5, 0.6) is 0 Å². The number of hydrogen-bond donors (Lipinski definition) is 3. The summed E-state index contributed by atoms with van der Waals surface area (Å²) < 4.78 is 0.984. The maximum absolute atomic E-state index is 12.3. The Kier molecular flexibility index (Phi) is 10.7. The summed E-state index contributed by atoms with van der Waals surface area (Å²) in [5.41, 5.74) is 0.722. The molecule has 0 radical (unpaired) electrons. The van der Waals surface area contributed by atoms with E-state index in [-0.39, 0.29) is 25.2 Å². The van der Waals surface area contributed by atoms with Gasteiger partial charge in [0.15, 0.2) is 0 Å². The summed E-state index contributed by atoms with van der Waals surface area (Å²) in [6, 6.07) is 7.49. The van der Waals surface area contributed by atoms with Gasteiger partial charge >= 0.3 is 19.5 Å². The molecule has 0 atom stereocenters. The normalized spacial score (nSPS) is 18.5. The van der Waals surface area contributed by atoms with Crippen molar-refractivity contribution in [3.63, 3.8) is 0 Å². The molecule has 1 aromatic rings. The molecule has 3 N–H and O–H groups in total. The second kappa shape index (κ2) is 12.0. The van der Waals surface area contributed by atoms with Gasteiger partial charge in [0.1, 0.15) is 0 Å². The Hall–Kier alpha value is -0.457. The first-order valence-corrected chi connectivity index (χ1v) is 8.56. The number of hydrogen-bond acceptors (Lipinski definition) is 5. The zero-order valence-electron chi connectivity index (χ0n) is 13.5. The third-order valence-electron chi connectivity index (χ3n) is 3.54. The van der Waals surface area contributed by atoms with Gasteiger partial charge in [-0.3, -0.25) is 0 Å². The standard InChI is InChI=1S/C16H25BrN4O.Zn/c17-15-3-1-14(2-4-15)16(22)13-21-11-9-19-7-5-18-6-8-20-10-12-21;/h1-4,13,18-20,22H,5-12H2;/q;+2/p-1/b16-13-;. The molecule has 0 aliphatic carbocycles. The van der Waals surface area contributed by atoms with Crippen molar-refractivity contribution in [1.29, 1.82) is 0 Å². The summed E-state index contributed by atoms with van der Waals surface area (Å²) in [5.74, 6) is 0.0567. The summed E-state index contributed by atoms with van der Waals surface area (Å²) in [6.45, 7) is 7.29. The van der Waals surface area contributed by atoms with Crippen molar-refractivity contribution in [3.05, 3.63) is 40.5 Å². The van der Waals surface area contributed by atoms with Crippen LogP contribution in [0, 0.1) is 0 Å². The van der Waals surface area contributed by atoms with E-state index < -0.39 is 0 Å². The molecule has 5 nitrogen and oxygen atoms in total. The second-order valence-electron chi connectivity index (χ2n) is 5.29. The fraction of sp³-hybridized carbons (Fsp3) is 0.500. The van der Waals surface area contributed by atoms with Crippen LogP contribution in [-0.2, 0) is 19.5 Å². The van der Waals surface area contributed by atoms with E-state index >= 15 is 0 Å². The van der Waals surface area contributed by atoms with Crippen LogP contribution in [0.1, 0.15) is 5.56 Å². The third kappa shape index (κ3) is 8.27. The predicted octanol–water partition coefficient (Wildman–Crippen LogP) is 0.190. The molecule has 0 saturated carbocycles. The fourth-order valence-electron chi connectivity index (χ4n) is 2.27. The molecule has 1 heterocycles. The van der Waals surface area contributed by atoms with E-state index in [2.05, 4.69) is 36.8 Å². The minimum absolute atomic E-state index is 0. The maximum Gasteiger partial charge on any atom is 2.00 e. The molecule has 0 bridgehead atoms. The van der Waals surface area contributed by atoms with Crippen molar-refractivity contribution in [2.45, 2.75) is 0 Å². The third-order valence-corrected chi connectivity index (χ3v) is 4.07. The quantitative estimate of drug-likeness (QED) is 0.459. The van der Waals surface area contributed by atoms with Crippen LogP contribution in [0.25, 0.3) is 5.76 Å². The maximum atomic E-state index is 12.3. The van der Waals surface area contributed by atoms with Crippen LogP contribution >= 0.6 is 15.9 Å². The molecule has 122 valence electrons. The van der Waals surface area contributed by atoms with Gasteiger partial charge in [0.05, 0.1) is 0 Å². The van der Waals surface area contributed by atoms with Gasteiger partial charge in [-0.25, -0.2) is 0 Å². The molecule has 0 aromatic heterocycles. The smallest absolute Gasteiger partial charge is 0.871 e. The number of benzene rings is 1. The van der Waals surface area contributed by atoms with E-state index in [4.69, 9.17) is 0 Å². The number of nitrogens with one attached hydrogen (secondary N) is 3.